The van der Waals surface area contributed by atoms with Crippen LogP contribution in [0.15, 0.2) is 82.7 Å². The molecule has 158 valence electrons. The lowest BCUT2D eigenvalue weighted by Crippen LogP contribution is -2.23. The molecule has 0 aliphatic carbocycles. The Kier molecular flexibility index (Phi) is 6.34. The molecule has 0 bridgehead atoms. The Morgan fingerprint density at radius 2 is 1.78 bits per heavy atom. The first-order chi connectivity index (χ1) is 15.5. The molecule has 0 saturated carbocycles. The van der Waals surface area contributed by atoms with Crippen molar-refractivity contribution in [3.05, 3.63) is 94.3 Å². The summed E-state index contributed by atoms with van der Waals surface area (Å²) in [5, 5.41) is 12.6. The number of nitrogens with zero attached hydrogens (tertiary/aromatic N) is 3. The quantitative estimate of drug-likeness (QED) is 0.353. The number of carbonyl (C=O) groups excluding carboxylic acids is 1. The monoisotopic (exact) mass is 440 g/mol. The lowest BCUT2D eigenvalue weighted by atomic mass is 10.1. The molecule has 0 saturated heterocycles. The van der Waals surface area contributed by atoms with Crippen molar-refractivity contribution in [3.63, 3.8) is 0 Å². The number of hydrogen-bond donors (Lipinski definition) is 1. The number of carbonyl (C=O) groups is 1. The van der Waals surface area contributed by atoms with E-state index >= 15 is 0 Å². The predicted octanol–water partition coefficient (Wildman–Crippen LogP) is 4.49. The van der Waals surface area contributed by atoms with E-state index in [2.05, 4.69) is 16.4 Å². The Hall–Kier alpha value is -3.89. The predicted molar refractivity (Wildman–Crippen MR) is 127 cm³/mol. The highest BCUT2D eigenvalue weighted by Crippen LogP contribution is 2.22. The third kappa shape index (κ3) is 4.71. The molecule has 1 amide bonds. The highest BCUT2D eigenvalue weighted by atomic mass is 32.2. The number of aryl methyl sites for hydroxylation is 1. The van der Waals surface area contributed by atoms with Crippen molar-refractivity contribution in [2.45, 2.75) is 18.5 Å². The van der Waals surface area contributed by atoms with E-state index in [1.807, 2.05) is 55.5 Å². The number of para-hydroxylation sites is 1. The molecule has 0 aliphatic rings. The fourth-order valence-electron chi connectivity index (χ4n) is 3.26. The Balaban J connectivity index is 1.60. The van der Waals surface area contributed by atoms with Gasteiger partial charge in [0.05, 0.1) is 34.8 Å². The summed E-state index contributed by atoms with van der Waals surface area (Å²) in [7, 11) is 0. The van der Waals surface area contributed by atoms with Gasteiger partial charge in [0, 0.05) is 5.69 Å². The van der Waals surface area contributed by atoms with Gasteiger partial charge in [-0.2, -0.15) is 5.26 Å². The lowest BCUT2D eigenvalue weighted by molar-refractivity contribution is -0.113. The van der Waals surface area contributed by atoms with Crippen molar-refractivity contribution in [1.82, 2.24) is 9.55 Å². The number of rotatable bonds is 6. The molecule has 0 aliphatic heterocycles. The second kappa shape index (κ2) is 9.50. The van der Waals surface area contributed by atoms with Crippen LogP contribution < -0.4 is 10.9 Å². The van der Waals surface area contributed by atoms with Crippen LogP contribution in [-0.4, -0.2) is 21.2 Å². The summed E-state index contributed by atoms with van der Waals surface area (Å²) < 4.78 is 1.55. The van der Waals surface area contributed by atoms with Crippen LogP contribution in [0, 0.1) is 18.3 Å². The number of anilines is 1. The molecule has 0 radical (unpaired) electrons. The van der Waals surface area contributed by atoms with E-state index in [4.69, 9.17) is 5.26 Å². The molecule has 7 heteroatoms. The SMILES string of the molecule is Cc1ccc(-n2c(SCC(=O)Nc3ccc(CC#N)cc3)nc3ccccc3c2=O)cc1. The molecule has 6 nitrogen and oxygen atoms in total. The van der Waals surface area contributed by atoms with E-state index in [1.165, 1.54) is 11.8 Å². The van der Waals surface area contributed by atoms with Crippen LogP contribution in [0.3, 0.4) is 0 Å². The van der Waals surface area contributed by atoms with Crippen molar-refractivity contribution in [3.8, 4) is 11.8 Å². The van der Waals surface area contributed by atoms with E-state index in [0.717, 1.165) is 11.1 Å². The average molecular weight is 441 g/mol. The zero-order valence-corrected chi connectivity index (χ0v) is 18.2. The maximum absolute atomic E-state index is 13.2. The molecular formula is C25H20N4O2S. The van der Waals surface area contributed by atoms with Crippen LogP contribution in [0.4, 0.5) is 5.69 Å². The molecule has 0 spiro atoms. The maximum Gasteiger partial charge on any atom is 0.266 e. The van der Waals surface area contributed by atoms with Crippen LogP contribution in [-0.2, 0) is 11.2 Å². The average Bonchev–Trinajstić information content (AvgIpc) is 2.80. The molecule has 1 N–H and O–H groups in total. The molecular weight excluding hydrogens is 420 g/mol. The summed E-state index contributed by atoms with van der Waals surface area (Å²) >= 11 is 1.21. The third-order valence-corrected chi connectivity index (χ3v) is 5.83. The highest BCUT2D eigenvalue weighted by Gasteiger charge is 2.15. The van der Waals surface area contributed by atoms with Gasteiger partial charge in [-0.05, 0) is 48.9 Å². The molecule has 4 rings (SSSR count). The molecule has 1 aromatic heterocycles. The first kappa shape index (κ1) is 21.3. The molecule has 1 heterocycles. The Morgan fingerprint density at radius 1 is 1.06 bits per heavy atom. The van der Waals surface area contributed by atoms with Gasteiger partial charge in [0.25, 0.3) is 5.56 Å². The lowest BCUT2D eigenvalue weighted by Gasteiger charge is -2.13. The smallest absolute Gasteiger partial charge is 0.266 e. The van der Waals surface area contributed by atoms with Crippen LogP contribution in [0.5, 0.6) is 0 Å². The molecule has 4 aromatic rings. The van der Waals surface area contributed by atoms with Crippen molar-refractivity contribution < 1.29 is 4.79 Å². The van der Waals surface area contributed by atoms with Gasteiger partial charge in [0.2, 0.25) is 5.91 Å². The molecule has 3 aromatic carbocycles. The van der Waals surface area contributed by atoms with E-state index < -0.39 is 0 Å². The number of thioether (sulfide) groups is 1. The van der Waals surface area contributed by atoms with Crippen molar-refractivity contribution in [2.75, 3.05) is 11.1 Å². The van der Waals surface area contributed by atoms with Crippen LogP contribution in [0.25, 0.3) is 16.6 Å². The molecule has 0 unspecified atom stereocenters. The fourth-order valence-corrected chi connectivity index (χ4v) is 4.07. The second-order valence-electron chi connectivity index (χ2n) is 7.26. The minimum atomic E-state index is -0.208. The molecule has 0 fully saturated rings. The minimum Gasteiger partial charge on any atom is -0.325 e. The summed E-state index contributed by atoms with van der Waals surface area (Å²) in [5.74, 6) is -0.114. The number of nitriles is 1. The number of hydrogen-bond acceptors (Lipinski definition) is 5. The highest BCUT2D eigenvalue weighted by molar-refractivity contribution is 7.99. The summed E-state index contributed by atoms with van der Waals surface area (Å²) in [6, 6.07) is 24.1. The zero-order valence-electron chi connectivity index (χ0n) is 17.4. The van der Waals surface area contributed by atoms with E-state index in [1.54, 1.807) is 28.8 Å². The second-order valence-corrected chi connectivity index (χ2v) is 8.20. The van der Waals surface area contributed by atoms with Gasteiger partial charge in [-0.3, -0.25) is 14.2 Å². The van der Waals surface area contributed by atoms with Gasteiger partial charge in [-0.15, -0.1) is 0 Å². The summed E-state index contributed by atoms with van der Waals surface area (Å²) in [4.78, 5) is 30.4. The topological polar surface area (TPSA) is 87.8 Å². The van der Waals surface area contributed by atoms with E-state index in [0.29, 0.717) is 33.9 Å². The minimum absolute atomic E-state index is 0.0938. The van der Waals surface area contributed by atoms with Crippen LogP contribution in [0.1, 0.15) is 11.1 Å². The van der Waals surface area contributed by atoms with E-state index in [-0.39, 0.29) is 17.2 Å². The largest absolute Gasteiger partial charge is 0.325 e. The molecule has 32 heavy (non-hydrogen) atoms. The van der Waals surface area contributed by atoms with Crippen molar-refractivity contribution in [1.29, 1.82) is 5.26 Å². The number of benzene rings is 3. The van der Waals surface area contributed by atoms with E-state index in [9.17, 15) is 9.59 Å². The fraction of sp³-hybridized carbons (Fsp3) is 0.120. The van der Waals surface area contributed by atoms with Crippen molar-refractivity contribution >= 4 is 34.3 Å². The number of nitrogens with one attached hydrogen (secondary N) is 1. The van der Waals surface area contributed by atoms with Crippen molar-refractivity contribution in [2.24, 2.45) is 0 Å². The Labute approximate surface area is 189 Å². The standard InChI is InChI=1S/C25H20N4O2S/c1-17-6-12-20(13-7-17)29-24(31)21-4-2-3-5-22(21)28-25(29)32-16-23(30)27-19-10-8-18(9-11-19)14-15-26/h2-13H,14,16H2,1H3,(H,27,30). The zero-order chi connectivity index (χ0) is 22.5. The van der Waals surface area contributed by atoms with Gasteiger partial charge in [-0.1, -0.05) is 53.7 Å². The van der Waals surface area contributed by atoms with Crippen LogP contribution in [0.2, 0.25) is 0 Å². The number of fused-ring (bicyclic) bond motifs is 1. The first-order valence-electron chi connectivity index (χ1n) is 10.0. The van der Waals surface area contributed by atoms with Crippen LogP contribution >= 0.6 is 11.8 Å². The summed E-state index contributed by atoms with van der Waals surface area (Å²) in [6.07, 6.45) is 0.328. The Morgan fingerprint density at radius 3 is 2.50 bits per heavy atom. The first-order valence-corrected chi connectivity index (χ1v) is 11.0. The summed E-state index contributed by atoms with van der Waals surface area (Å²) in [6.45, 7) is 1.98. The van der Waals surface area contributed by atoms with Gasteiger partial charge in [-0.25, -0.2) is 4.98 Å². The van der Waals surface area contributed by atoms with Gasteiger partial charge < -0.3 is 5.32 Å². The maximum atomic E-state index is 13.2. The number of aromatic nitrogens is 2. The van der Waals surface area contributed by atoms with Gasteiger partial charge >= 0.3 is 0 Å². The third-order valence-electron chi connectivity index (χ3n) is 4.89. The normalized spacial score (nSPS) is 10.6. The van der Waals surface area contributed by atoms with Gasteiger partial charge in [0.1, 0.15) is 0 Å². The van der Waals surface area contributed by atoms with Gasteiger partial charge in [0.15, 0.2) is 5.16 Å². The molecule has 0 atom stereocenters. The number of amides is 1. The Bertz CT molecular complexity index is 1370. The summed E-state index contributed by atoms with van der Waals surface area (Å²) in [5.41, 5.74) is 3.76.